The number of rotatable bonds is 8. The lowest BCUT2D eigenvalue weighted by Gasteiger charge is -2.12. The number of hydrogen-bond acceptors (Lipinski definition) is 3. The highest BCUT2D eigenvalue weighted by Crippen LogP contribution is 2.22. The molecule has 0 atom stereocenters. The van der Waals surface area contributed by atoms with E-state index in [1.54, 1.807) is 30.0 Å². The van der Waals surface area contributed by atoms with Crippen LogP contribution in [0.4, 0.5) is 5.69 Å². The molecule has 2 aromatic carbocycles. The van der Waals surface area contributed by atoms with Gasteiger partial charge in [-0.15, -0.1) is 11.8 Å². The van der Waals surface area contributed by atoms with Crippen LogP contribution in [0.15, 0.2) is 53.4 Å². The van der Waals surface area contributed by atoms with Crippen molar-refractivity contribution in [3.63, 3.8) is 0 Å². The molecule has 2 amide bonds. The molecule has 0 aliphatic heterocycles. The summed E-state index contributed by atoms with van der Waals surface area (Å²) in [7, 11) is 0. The minimum absolute atomic E-state index is 0.143. The number of halogens is 1. The SMILES string of the molecule is CCCNC(=O)c1ccc(Cl)cc1NC(=O)CCSc1ccccc1. The van der Waals surface area contributed by atoms with Crippen LogP contribution >= 0.6 is 23.4 Å². The van der Waals surface area contributed by atoms with Gasteiger partial charge in [-0.25, -0.2) is 0 Å². The van der Waals surface area contributed by atoms with Gasteiger partial charge in [0.15, 0.2) is 0 Å². The van der Waals surface area contributed by atoms with E-state index >= 15 is 0 Å². The molecule has 0 saturated heterocycles. The molecule has 0 radical (unpaired) electrons. The molecule has 132 valence electrons. The van der Waals surface area contributed by atoms with Crippen molar-refractivity contribution >= 4 is 40.9 Å². The van der Waals surface area contributed by atoms with E-state index in [4.69, 9.17) is 11.6 Å². The molecular weight excluding hydrogens is 356 g/mol. The van der Waals surface area contributed by atoms with Crippen molar-refractivity contribution < 1.29 is 9.59 Å². The monoisotopic (exact) mass is 376 g/mol. The van der Waals surface area contributed by atoms with Crippen LogP contribution < -0.4 is 10.6 Å². The first-order chi connectivity index (χ1) is 12.1. The van der Waals surface area contributed by atoms with Gasteiger partial charge in [0.2, 0.25) is 5.91 Å². The van der Waals surface area contributed by atoms with E-state index in [1.165, 1.54) is 0 Å². The van der Waals surface area contributed by atoms with Crippen molar-refractivity contribution in [2.24, 2.45) is 0 Å². The van der Waals surface area contributed by atoms with Crippen LogP contribution in [0.25, 0.3) is 0 Å². The second-order valence-corrected chi connectivity index (χ2v) is 7.01. The summed E-state index contributed by atoms with van der Waals surface area (Å²) >= 11 is 7.62. The molecule has 25 heavy (non-hydrogen) atoms. The van der Waals surface area contributed by atoms with Crippen LogP contribution in [0.1, 0.15) is 30.1 Å². The lowest BCUT2D eigenvalue weighted by Crippen LogP contribution is -2.25. The van der Waals surface area contributed by atoms with Crippen molar-refractivity contribution in [1.82, 2.24) is 5.32 Å². The quantitative estimate of drug-likeness (QED) is 0.662. The molecule has 6 heteroatoms. The second kappa shape index (κ2) is 10.1. The molecule has 2 rings (SSSR count). The Bertz CT molecular complexity index is 723. The van der Waals surface area contributed by atoms with Gasteiger partial charge in [0.05, 0.1) is 11.3 Å². The highest BCUT2D eigenvalue weighted by molar-refractivity contribution is 7.99. The van der Waals surface area contributed by atoms with Crippen molar-refractivity contribution in [3.05, 3.63) is 59.1 Å². The van der Waals surface area contributed by atoms with Gasteiger partial charge in [0.25, 0.3) is 5.91 Å². The minimum Gasteiger partial charge on any atom is -0.352 e. The lowest BCUT2D eigenvalue weighted by atomic mass is 10.1. The van der Waals surface area contributed by atoms with Gasteiger partial charge in [0, 0.05) is 28.6 Å². The summed E-state index contributed by atoms with van der Waals surface area (Å²) in [5.74, 6) is 0.302. The predicted molar refractivity (Wildman–Crippen MR) is 104 cm³/mol. The fraction of sp³-hybridized carbons (Fsp3) is 0.263. The van der Waals surface area contributed by atoms with Gasteiger partial charge in [-0.3, -0.25) is 9.59 Å². The number of carbonyl (C=O) groups is 2. The Hall–Kier alpha value is -1.98. The van der Waals surface area contributed by atoms with Crippen LogP contribution in [0, 0.1) is 0 Å². The molecule has 2 aromatic rings. The first kappa shape index (κ1) is 19.3. The summed E-state index contributed by atoms with van der Waals surface area (Å²) in [6.07, 6.45) is 1.19. The van der Waals surface area contributed by atoms with Gasteiger partial charge < -0.3 is 10.6 Å². The summed E-state index contributed by atoms with van der Waals surface area (Å²) in [4.78, 5) is 25.5. The number of amides is 2. The molecule has 0 bridgehead atoms. The van der Waals surface area contributed by atoms with E-state index < -0.39 is 0 Å². The molecule has 0 unspecified atom stereocenters. The van der Waals surface area contributed by atoms with E-state index in [0.29, 0.717) is 35.0 Å². The zero-order chi connectivity index (χ0) is 18.1. The molecule has 2 N–H and O–H groups in total. The molecule has 0 aliphatic carbocycles. The molecule has 0 heterocycles. The van der Waals surface area contributed by atoms with Crippen LogP contribution in [0.3, 0.4) is 0 Å². The average Bonchev–Trinajstić information content (AvgIpc) is 2.60. The summed E-state index contributed by atoms with van der Waals surface area (Å²) < 4.78 is 0. The van der Waals surface area contributed by atoms with E-state index in [0.717, 1.165) is 11.3 Å². The number of hydrogen-bond donors (Lipinski definition) is 2. The van der Waals surface area contributed by atoms with Crippen molar-refractivity contribution in [2.45, 2.75) is 24.7 Å². The smallest absolute Gasteiger partial charge is 0.253 e. The normalized spacial score (nSPS) is 10.3. The number of anilines is 1. The number of benzene rings is 2. The Balaban J connectivity index is 1.94. The Labute approximate surface area is 157 Å². The number of nitrogens with one attached hydrogen (secondary N) is 2. The Morgan fingerprint density at radius 2 is 1.88 bits per heavy atom. The van der Waals surface area contributed by atoms with Crippen LogP contribution in [-0.4, -0.2) is 24.1 Å². The molecular formula is C19H21ClN2O2S. The van der Waals surface area contributed by atoms with Crippen molar-refractivity contribution in [3.8, 4) is 0 Å². The largest absolute Gasteiger partial charge is 0.352 e. The topological polar surface area (TPSA) is 58.2 Å². The third-order valence-electron chi connectivity index (χ3n) is 3.38. The zero-order valence-corrected chi connectivity index (χ0v) is 15.6. The van der Waals surface area contributed by atoms with Gasteiger partial charge in [0.1, 0.15) is 0 Å². The molecule has 0 aromatic heterocycles. The van der Waals surface area contributed by atoms with Gasteiger partial charge in [-0.1, -0.05) is 36.7 Å². The fourth-order valence-electron chi connectivity index (χ4n) is 2.14. The number of carbonyl (C=O) groups excluding carboxylic acids is 2. The first-order valence-electron chi connectivity index (χ1n) is 8.15. The van der Waals surface area contributed by atoms with Gasteiger partial charge in [-0.05, 0) is 36.8 Å². The molecule has 4 nitrogen and oxygen atoms in total. The van der Waals surface area contributed by atoms with E-state index in [2.05, 4.69) is 10.6 Å². The predicted octanol–water partition coefficient (Wildman–Crippen LogP) is 4.60. The maximum absolute atomic E-state index is 12.2. The Morgan fingerprint density at radius 1 is 1.12 bits per heavy atom. The number of thioether (sulfide) groups is 1. The van der Waals surface area contributed by atoms with Crippen LogP contribution in [0.2, 0.25) is 5.02 Å². The summed E-state index contributed by atoms with van der Waals surface area (Å²) in [5, 5.41) is 6.08. The lowest BCUT2D eigenvalue weighted by molar-refractivity contribution is -0.115. The molecule has 0 aliphatic rings. The first-order valence-corrected chi connectivity index (χ1v) is 9.52. The summed E-state index contributed by atoms with van der Waals surface area (Å²) in [6.45, 7) is 2.57. The zero-order valence-electron chi connectivity index (χ0n) is 14.0. The van der Waals surface area contributed by atoms with Crippen molar-refractivity contribution in [1.29, 1.82) is 0 Å². The summed E-state index contributed by atoms with van der Waals surface area (Å²) in [6, 6.07) is 14.8. The maximum Gasteiger partial charge on any atom is 0.253 e. The second-order valence-electron chi connectivity index (χ2n) is 5.41. The molecule has 0 fully saturated rings. The standard InChI is InChI=1S/C19H21ClN2O2S/c1-2-11-21-19(24)16-9-8-14(20)13-17(16)22-18(23)10-12-25-15-6-4-3-5-7-15/h3-9,13H,2,10-12H2,1H3,(H,21,24)(H,22,23). The molecule has 0 spiro atoms. The molecule has 0 saturated carbocycles. The highest BCUT2D eigenvalue weighted by atomic mass is 35.5. The third kappa shape index (κ3) is 6.44. The minimum atomic E-state index is -0.215. The summed E-state index contributed by atoms with van der Waals surface area (Å²) in [5.41, 5.74) is 0.859. The van der Waals surface area contributed by atoms with E-state index in [-0.39, 0.29) is 11.8 Å². The van der Waals surface area contributed by atoms with Crippen LogP contribution in [-0.2, 0) is 4.79 Å². The Morgan fingerprint density at radius 3 is 2.60 bits per heavy atom. The average molecular weight is 377 g/mol. The third-order valence-corrected chi connectivity index (χ3v) is 4.63. The van der Waals surface area contributed by atoms with Gasteiger partial charge >= 0.3 is 0 Å². The van der Waals surface area contributed by atoms with E-state index in [9.17, 15) is 9.59 Å². The highest BCUT2D eigenvalue weighted by Gasteiger charge is 2.13. The maximum atomic E-state index is 12.2. The van der Waals surface area contributed by atoms with Crippen LogP contribution in [0.5, 0.6) is 0 Å². The fourth-order valence-corrected chi connectivity index (χ4v) is 3.19. The Kier molecular flexibility index (Phi) is 7.82. The van der Waals surface area contributed by atoms with E-state index in [1.807, 2.05) is 37.3 Å². The van der Waals surface area contributed by atoms with Gasteiger partial charge in [-0.2, -0.15) is 0 Å². The van der Waals surface area contributed by atoms with Crippen molar-refractivity contribution in [2.75, 3.05) is 17.6 Å².